The number of thioether (sulfide) groups is 1. The molecular weight excluding hydrogens is 308 g/mol. The van der Waals surface area contributed by atoms with E-state index in [1.807, 2.05) is 17.8 Å². The van der Waals surface area contributed by atoms with Crippen molar-refractivity contribution in [2.75, 3.05) is 35.2 Å². The molecule has 0 amide bonds. The number of nitriles is 2. The van der Waals surface area contributed by atoms with Crippen molar-refractivity contribution in [3.63, 3.8) is 0 Å². The molecule has 0 atom stereocenters. The molecule has 2 aromatic rings. The van der Waals surface area contributed by atoms with Gasteiger partial charge in [-0.25, -0.2) is 4.98 Å². The highest BCUT2D eigenvalue weighted by Crippen LogP contribution is 2.35. The zero-order valence-corrected chi connectivity index (χ0v) is 13.2. The zero-order valence-electron chi connectivity index (χ0n) is 12.4. The molecule has 1 aliphatic rings. The minimum Gasteiger partial charge on any atom is -0.383 e. The lowest BCUT2D eigenvalue weighted by Gasteiger charge is -2.29. The molecular formula is C16H14N6S. The van der Waals surface area contributed by atoms with Crippen LogP contribution in [0.5, 0.6) is 0 Å². The first-order chi connectivity index (χ1) is 11.3. The largest absolute Gasteiger partial charge is 0.383 e. The molecule has 6 nitrogen and oxygen atoms in total. The van der Waals surface area contributed by atoms with Crippen LogP contribution in [0, 0.1) is 22.7 Å². The maximum atomic E-state index is 9.71. The van der Waals surface area contributed by atoms with Crippen LogP contribution in [0.3, 0.4) is 0 Å². The van der Waals surface area contributed by atoms with Crippen molar-refractivity contribution in [1.29, 1.82) is 10.5 Å². The third kappa shape index (κ3) is 2.79. The summed E-state index contributed by atoms with van der Waals surface area (Å²) >= 11 is 1.87. The minimum atomic E-state index is 0.151. The van der Waals surface area contributed by atoms with Crippen LogP contribution in [0.25, 0.3) is 11.1 Å². The molecule has 1 fully saturated rings. The molecule has 0 radical (unpaired) electrons. The monoisotopic (exact) mass is 322 g/mol. The topological polar surface area (TPSA) is 103 Å². The third-order valence-electron chi connectivity index (χ3n) is 3.69. The Labute approximate surface area is 138 Å². The lowest BCUT2D eigenvalue weighted by molar-refractivity contribution is 0.838. The molecule has 3 rings (SSSR count). The molecule has 3 heterocycles. The Bertz CT molecular complexity index is 800. The number of nitrogens with two attached hydrogens (primary N) is 1. The van der Waals surface area contributed by atoms with Gasteiger partial charge in [-0.3, -0.25) is 4.98 Å². The highest BCUT2D eigenvalue weighted by atomic mass is 32.2. The van der Waals surface area contributed by atoms with E-state index in [2.05, 4.69) is 27.0 Å². The molecule has 7 heteroatoms. The summed E-state index contributed by atoms with van der Waals surface area (Å²) < 4.78 is 0. The molecule has 0 saturated carbocycles. The summed E-state index contributed by atoms with van der Waals surface area (Å²) in [4.78, 5) is 10.5. The molecule has 23 heavy (non-hydrogen) atoms. The van der Waals surface area contributed by atoms with Gasteiger partial charge in [0, 0.05) is 48.1 Å². The van der Waals surface area contributed by atoms with Crippen molar-refractivity contribution >= 4 is 23.4 Å². The van der Waals surface area contributed by atoms with Gasteiger partial charge in [0.05, 0.1) is 0 Å². The second kappa shape index (κ2) is 6.55. The van der Waals surface area contributed by atoms with Crippen molar-refractivity contribution in [2.24, 2.45) is 0 Å². The highest BCUT2D eigenvalue weighted by molar-refractivity contribution is 7.99. The molecule has 0 spiro atoms. The zero-order chi connectivity index (χ0) is 16.2. The second-order valence-corrected chi connectivity index (χ2v) is 6.24. The first-order valence-electron chi connectivity index (χ1n) is 7.13. The standard InChI is InChI=1S/C16H14N6S/c17-8-12-14(11-2-1-3-20-10-11)13(9-18)16(21-15(12)19)22-4-6-23-7-5-22/h1-3,10H,4-7H2,(H2,19,21). The highest BCUT2D eigenvalue weighted by Gasteiger charge is 2.24. The van der Waals surface area contributed by atoms with Crippen molar-refractivity contribution in [3.8, 4) is 23.3 Å². The van der Waals surface area contributed by atoms with Gasteiger partial charge in [0.1, 0.15) is 34.9 Å². The van der Waals surface area contributed by atoms with Gasteiger partial charge >= 0.3 is 0 Å². The van der Waals surface area contributed by atoms with Gasteiger partial charge in [-0.05, 0) is 6.07 Å². The van der Waals surface area contributed by atoms with Crippen LogP contribution in [0.15, 0.2) is 24.5 Å². The molecule has 1 aliphatic heterocycles. The number of nitrogens with zero attached hydrogens (tertiary/aromatic N) is 5. The van der Waals surface area contributed by atoms with E-state index in [-0.39, 0.29) is 11.4 Å². The van der Waals surface area contributed by atoms with Crippen LogP contribution in [0.4, 0.5) is 11.6 Å². The third-order valence-corrected chi connectivity index (χ3v) is 4.63. The van der Waals surface area contributed by atoms with E-state index in [0.717, 1.165) is 24.6 Å². The van der Waals surface area contributed by atoms with Crippen LogP contribution in [0.2, 0.25) is 0 Å². The van der Waals surface area contributed by atoms with E-state index in [1.165, 1.54) is 0 Å². The first-order valence-corrected chi connectivity index (χ1v) is 8.28. The maximum absolute atomic E-state index is 9.71. The van der Waals surface area contributed by atoms with Gasteiger partial charge in [0.25, 0.3) is 0 Å². The number of rotatable bonds is 2. The molecule has 114 valence electrons. The van der Waals surface area contributed by atoms with Crippen LogP contribution in [-0.4, -0.2) is 34.6 Å². The summed E-state index contributed by atoms with van der Waals surface area (Å²) in [6.45, 7) is 1.62. The smallest absolute Gasteiger partial charge is 0.149 e. The lowest BCUT2D eigenvalue weighted by Crippen LogP contribution is -2.34. The van der Waals surface area contributed by atoms with Crippen molar-refractivity contribution in [2.45, 2.75) is 0 Å². The van der Waals surface area contributed by atoms with E-state index < -0.39 is 0 Å². The Morgan fingerprint density at radius 2 is 1.91 bits per heavy atom. The van der Waals surface area contributed by atoms with Crippen LogP contribution in [-0.2, 0) is 0 Å². The normalized spacial score (nSPS) is 14.1. The molecule has 0 unspecified atom stereocenters. The number of anilines is 2. The van der Waals surface area contributed by atoms with Gasteiger partial charge in [0.2, 0.25) is 0 Å². The number of pyridine rings is 2. The summed E-state index contributed by atoms with van der Waals surface area (Å²) in [6.07, 6.45) is 3.28. The fourth-order valence-corrected chi connectivity index (χ4v) is 3.52. The first kappa shape index (κ1) is 15.1. The Balaban J connectivity index is 2.26. The Kier molecular flexibility index (Phi) is 4.31. The van der Waals surface area contributed by atoms with E-state index >= 15 is 0 Å². The lowest BCUT2D eigenvalue weighted by atomic mass is 9.97. The number of nitrogen functional groups attached to an aromatic ring is 1. The number of hydrogen-bond donors (Lipinski definition) is 1. The van der Waals surface area contributed by atoms with Crippen LogP contribution >= 0.6 is 11.8 Å². The molecule has 0 aromatic carbocycles. The van der Waals surface area contributed by atoms with E-state index in [0.29, 0.717) is 22.5 Å². The maximum Gasteiger partial charge on any atom is 0.149 e. The molecule has 2 N–H and O–H groups in total. The molecule has 0 aliphatic carbocycles. The quantitative estimate of drug-likeness (QED) is 0.902. The average molecular weight is 322 g/mol. The second-order valence-electron chi connectivity index (χ2n) is 5.01. The van der Waals surface area contributed by atoms with E-state index in [1.54, 1.807) is 18.5 Å². The molecule has 1 saturated heterocycles. The summed E-state index contributed by atoms with van der Waals surface area (Å²) in [5.41, 5.74) is 7.83. The van der Waals surface area contributed by atoms with Gasteiger partial charge in [0.15, 0.2) is 0 Å². The van der Waals surface area contributed by atoms with Crippen molar-refractivity contribution in [3.05, 3.63) is 35.7 Å². The van der Waals surface area contributed by atoms with Crippen LogP contribution in [0.1, 0.15) is 11.1 Å². The van der Waals surface area contributed by atoms with Crippen molar-refractivity contribution in [1.82, 2.24) is 9.97 Å². The van der Waals surface area contributed by atoms with E-state index in [4.69, 9.17) is 5.73 Å². The fraction of sp³-hybridized carbons (Fsp3) is 0.250. The summed E-state index contributed by atoms with van der Waals surface area (Å²) in [5.74, 6) is 2.67. The van der Waals surface area contributed by atoms with Gasteiger partial charge in [-0.2, -0.15) is 22.3 Å². The Morgan fingerprint density at radius 1 is 1.17 bits per heavy atom. The van der Waals surface area contributed by atoms with Crippen LogP contribution < -0.4 is 10.6 Å². The average Bonchev–Trinajstić information content (AvgIpc) is 2.62. The predicted octanol–water partition coefficient (Wildman–Crippen LogP) is 2.02. The van der Waals surface area contributed by atoms with Gasteiger partial charge < -0.3 is 10.6 Å². The SMILES string of the molecule is N#Cc1c(N)nc(N2CCSCC2)c(C#N)c1-c1cccnc1. The number of aromatic nitrogens is 2. The Hall–Kier alpha value is -2.77. The fourth-order valence-electron chi connectivity index (χ4n) is 2.61. The molecule has 0 bridgehead atoms. The number of hydrogen-bond acceptors (Lipinski definition) is 7. The van der Waals surface area contributed by atoms with Gasteiger partial charge in [-0.1, -0.05) is 6.07 Å². The predicted molar refractivity (Wildman–Crippen MR) is 90.8 cm³/mol. The summed E-state index contributed by atoms with van der Waals surface area (Å²) in [5, 5.41) is 19.2. The molecule has 2 aromatic heterocycles. The summed E-state index contributed by atoms with van der Waals surface area (Å²) in [7, 11) is 0. The van der Waals surface area contributed by atoms with Crippen molar-refractivity contribution < 1.29 is 0 Å². The van der Waals surface area contributed by atoms with Gasteiger partial charge in [-0.15, -0.1) is 0 Å². The summed E-state index contributed by atoms with van der Waals surface area (Å²) in [6, 6.07) is 7.88. The van der Waals surface area contributed by atoms with E-state index in [9.17, 15) is 10.5 Å². The minimum absolute atomic E-state index is 0.151. The Morgan fingerprint density at radius 3 is 2.52 bits per heavy atom.